The summed E-state index contributed by atoms with van der Waals surface area (Å²) in [5.41, 5.74) is 0.906. The topological polar surface area (TPSA) is 88.1 Å². The molecule has 0 radical (unpaired) electrons. The molecule has 2 heterocycles. The molecule has 1 aromatic carbocycles. The van der Waals surface area contributed by atoms with Gasteiger partial charge in [0.1, 0.15) is 18.3 Å². The molecule has 7 nitrogen and oxygen atoms in total. The van der Waals surface area contributed by atoms with E-state index in [1.54, 1.807) is 0 Å². The van der Waals surface area contributed by atoms with Gasteiger partial charge in [-0.2, -0.15) is 17.4 Å². The van der Waals surface area contributed by atoms with Crippen molar-refractivity contribution in [1.82, 2.24) is 9.03 Å². The van der Waals surface area contributed by atoms with E-state index in [1.807, 2.05) is 30.3 Å². The van der Waals surface area contributed by atoms with Crippen molar-refractivity contribution in [2.45, 2.75) is 30.9 Å². The van der Waals surface area contributed by atoms with E-state index >= 15 is 0 Å². The fourth-order valence-corrected chi connectivity index (χ4v) is 3.87. The number of aliphatic hydroxyl groups excluding tert-OH is 1. The second-order valence-electron chi connectivity index (χ2n) is 5.63. The van der Waals surface area contributed by atoms with E-state index in [2.05, 4.69) is 4.72 Å². The van der Waals surface area contributed by atoms with Gasteiger partial charge in [0.25, 0.3) is 10.2 Å². The summed E-state index contributed by atoms with van der Waals surface area (Å²) in [6.45, 7) is 0.652. The van der Waals surface area contributed by atoms with Crippen LogP contribution in [-0.2, 0) is 26.2 Å². The van der Waals surface area contributed by atoms with Crippen molar-refractivity contribution in [3.05, 3.63) is 35.9 Å². The number of aliphatic hydroxyl groups is 1. The summed E-state index contributed by atoms with van der Waals surface area (Å²) >= 11 is 0. The summed E-state index contributed by atoms with van der Waals surface area (Å²) in [7, 11) is -2.14. The molecule has 0 aliphatic carbocycles. The van der Waals surface area contributed by atoms with Crippen molar-refractivity contribution in [2.24, 2.45) is 0 Å². The van der Waals surface area contributed by atoms with Crippen LogP contribution in [0, 0.1) is 0 Å². The number of hydrogen-bond acceptors (Lipinski definition) is 5. The Hall–Kier alpha value is -1.03. The van der Waals surface area contributed by atoms with Gasteiger partial charge in [0, 0.05) is 13.6 Å². The Morgan fingerprint density at radius 1 is 1.23 bits per heavy atom. The molecule has 122 valence electrons. The first kappa shape index (κ1) is 15.9. The van der Waals surface area contributed by atoms with Gasteiger partial charge in [-0.05, 0) is 5.56 Å². The standard InChI is InChI=1S/C14H20N2O5S/c1-16(7-10-5-3-2-4-6-10)22(18,19)15-11-8-20-14-12(17)9-21-13(11)14/h2-6,11-15,17H,7-9H2,1H3/t11-,12-,13-,14-/m1/s1. The zero-order chi connectivity index (χ0) is 15.7. The maximum atomic E-state index is 12.4. The molecule has 0 bridgehead atoms. The lowest BCUT2D eigenvalue weighted by atomic mass is 10.1. The van der Waals surface area contributed by atoms with E-state index in [0.717, 1.165) is 5.56 Å². The first-order valence-electron chi connectivity index (χ1n) is 7.16. The monoisotopic (exact) mass is 328 g/mol. The predicted octanol–water partition coefficient (Wildman–Crippen LogP) is -0.520. The lowest BCUT2D eigenvalue weighted by Crippen LogP contribution is -2.48. The molecule has 22 heavy (non-hydrogen) atoms. The largest absolute Gasteiger partial charge is 0.388 e. The molecule has 2 aliphatic rings. The summed E-state index contributed by atoms with van der Waals surface area (Å²) in [5.74, 6) is 0. The van der Waals surface area contributed by atoms with E-state index < -0.39 is 34.6 Å². The molecule has 0 saturated carbocycles. The van der Waals surface area contributed by atoms with Gasteiger partial charge in [-0.15, -0.1) is 0 Å². The normalized spacial score (nSPS) is 31.6. The molecule has 0 amide bonds. The summed E-state index contributed by atoms with van der Waals surface area (Å²) in [5, 5.41) is 9.68. The fourth-order valence-electron chi connectivity index (χ4n) is 2.79. The Morgan fingerprint density at radius 2 is 1.91 bits per heavy atom. The number of rotatable bonds is 5. The van der Waals surface area contributed by atoms with E-state index in [4.69, 9.17) is 9.47 Å². The van der Waals surface area contributed by atoms with Gasteiger partial charge in [-0.25, -0.2) is 0 Å². The highest BCUT2D eigenvalue weighted by Gasteiger charge is 2.48. The maximum Gasteiger partial charge on any atom is 0.279 e. The smallest absolute Gasteiger partial charge is 0.279 e. The minimum atomic E-state index is -3.66. The highest BCUT2D eigenvalue weighted by Crippen LogP contribution is 2.27. The third-order valence-electron chi connectivity index (χ3n) is 3.99. The van der Waals surface area contributed by atoms with Crippen LogP contribution < -0.4 is 4.72 Å². The average Bonchev–Trinajstić information content (AvgIpc) is 3.04. The number of nitrogens with zero attached hydrogens (tertiary/aromatic N) is 1. The van der Waals surface area contributed by atoms with Gasteiger partial charge in [0.15, 0.2) is 0 Å². The highest BCUT2D eigenvalue weighted by atomic mass is 32.2. The lowest BCUT2D eigenvalue weighted by molar-refractivity contribution is 0.0181. The van der Waals surface area contributed by atoms with Crippen LogP contribution in [0.2, 0.25) is 0 Å². The molecule has 4 atom stereocenters. The molecule has 0 unspecified atom stereocenters. The number of fused-ring (bicyclic) bond motifs is 1. The Bertz CT molecular complexity index is 609. The fraction of sp³-hybridized carbons (Fsp3) is 0.571. The van der Waals surface area contributed by atoms with Crippen molar-refractivity contribution >= 4 is 10.2 Å². The second kappa shape index (κ2) is 6.23. The predicted molar refractivity (Wildman–Crippen MR) is 79.2 cm³/mol. The first-order chi connectivity index (χ1) is 10.5. The molecule has 2 N–H and O–H groups in total. The molecule has 2 aliphatic heterocycles. The third kappa shape index (κ3) is 3.17. The van der Waals surface area contributed by atoms with Crippen LogP contribution in [0.25, 0.3) is 0 Å². The molecule has 2 saturated heterocycles. The van der Waals surface area contributed by atoms with Gasteiger partial charge in [0.2, 0.25) is 0 Å². The molecule has 0 aromatic heterocycles. The number of nitrogens with one attached hydrogen (secondary N) is 1. The highest BCUT2D eigenvalue weighted by molar-refractivity contribution is 7.87. The summed E-state index contributed by atoms with van der Waals surface area (Å²) in [6.07, 6.45) is -1.58. The van der Waals surface area contributed by atoms with Crippen LogP contribution in [0.5, 0.6) is 0 Å². The average molecular weight is 328 g/mol. The van der Waals surface area contributed by atoms with Gasteiger partial charge in [-0.3, -0.25) is 0 Å². The number of ether oxygens (including phenoxy) is 2. The van der Waals surface area contributed by atoms with Crippen LogP contribution in [0.15, 0.2) is 30.3 Å². The Morgan fingerprint density at radius 3 is 2.64 bits per heavy atom. The summed E-state index contributed by atoms with van der Waals surface area (Å²) in [4.78, 5) is 0. The van der Waals surface area contributed by atoms with Gasteiger partial charge in [-0.1, -0.05) is 30.3 Å². The summed E-state index contributed by atoms with van der Waals surface area (Å²) < 4.78 is 39.5. The third-order valence-corrected chi connectivity index (χ3v) is 5.54. The van der Waals surface area contributed by atoms with Gasteiger partial charge in [0.05, 0.1) is 19.3 Å². The second-order valence-corrected chi connectivity index (χ2v) is 7.44. The molecule has 8 heteroatoms. The molecule has 3 rings (SSSR count). The van der Waals surface area contributed by atoms with Gasteiger partial charge < -0.3 is 14.6 Å². The Kier molecular flexibility index (Phi) is 4.49. The zero-order valence-electron chi connectivity index (χ0n) is 12.3. The van der Waals surface area contributed by atoms with E-state index in [0.29, 0.717) is 0 Å². The zero-order valence-corrected chi connectivity index (χ0v) is 13.1. The maximum absolute atomic E-state index is 12.4. The number of hydrogen-bond donors (Lipinski definition) is 2. The van der Waals surface area contributed by atoms with Crippen molar-refractivity contribution in [2.75, 3.05) is 20.3 Å². The first-order valence-corrected chi connectivity index (χ1v) is 8.60. The molecular formula is C14H20N2O5S. The van der Waals surface area contributed by atoms with E-state index in [-0.39, 0.29) is 19.8 Å². The SMILES string of the molecule is CN(Cc1ccccc1)S(=O)(=O)N[C@@H]1CO[C@H]2[C@@H]1OC[C@H]2O. The van der Waals surface area contributed by atoms with Crippen LogP contribution in [0.1, 0.15) is 5.56 Å². The minimum absolute atomic E-state index is 0.174. The molecule has 1 aromatic rings. The Labute approximate surface area is 130 Å². The van der Waals surface area contributed by atoms with Crippen LogP contribution in [0.4, 0.5) is 0 Å². The van der Waals surface area contributed by atoms with Gasteiger partial charge >= 0.3 is 0 Å². The Balaban J connectivity index is 1.64. The van der Waals surface area contributed by atoms with E-state index in [1.165, 1.54) is 11.4 Å². The van der Waals surface area contributed by atoms with Crippen LogP contribution >= 0.6 is 0 Å². The minimum Gasteiger partial charge on any atom is -0.388 e. The molecule has 0 spiro atoms. The molecule has 2 fully saturated rings. The van der Waals surface area contributed by atoms with Crippen molar-refractivity contribution in [1.29, 1.82) is 0 Å². The van der Waals surface area contributed by atoms with Crippen molar-refractivity contribution < 1.29 is 23.0 Å². The van der Waals surface area contributed by atoms with Crippen molar-refractivity contribution in [3.63, 3.8) is 0 Å². The van der Waals surface area contributed by atoms with Crippen molar-refractivity contribution in [3.8, 4) is 0 Å². The lowest BCUT2D eigenvalue weighted by Gasteiger charge is -2.22. The van der Waals surface area contributed by atoms with Crippen LogP contribution in [-0.4, -0.2) is 62.4 Å². The summed E-state index contributed by atoms with van der Waals surface area (Å²) in [6, 6.07) is 8.88. The number of benzene rings is 1. The van der Waals surface area contributed by atoms with E-state index in [9.17, 15) is 13.5 Å². The van der Waals surface area contributed by atoms with Crippen LogP contribution in [0.3, 0.4) is 0 Å². The molecular weight excluding hydrogens is 308 g/mol. The quantitative estimate of drug-likeness (QED) is 0.759.